The number of amides is 1. The molecule has 5 nitrogen and oxygen atoms in total. The second-order valence-corrected chi connectivity index (χ2v) is 6.64. The molecule has 1 fully saturated rings. The summed E-state index contributed by atoms with van der Waals surface area (Å²) in [6, 6.07) is 11.4. The van der Waals surface area contributed by atoms with E-state index in [1.807, 2.05) is 24.3 Å². The molecule has 1 N–H and O–H groups in total. The molecule has 0 aliphatic heterocycles. The maximum Gasteiger partial charge on any atom is 0.219 e. The molecule has 1 aromatic carbocycles. The minimum atomic E-state index is 0.00994. The number of benzene rings is 1. The maximum absolute atomic E-state index is 10.8. The highest BCUT2D eigenvalue weighted by Gasteiger charge is 2.01. The van der Waals surface area contributed by atoms with Gasteiger partial charge in [0.05, 0.1) is 13.3 Å². The average molecular weight is 370 g/mol. The van der Waals surface area contributed by atoms with Crippen molar-refractivity contribution in [2.24, 2.45) is 0 Å². The molecule has 146 valence electrons. The third-order valence-electron chi connectivity index (χ3n) is 4.36. The van der Waals surface area contributed by atoms with Crippen molar-refractivity contribution in [3.8, 4) is 17.4 Å². The van der Waals surface area contributed by atoms with Crippen LogP contribution in [0.25, 0.3) is 0 Å². The molecule has 3 rings (SSSR count). The van der Waals surface area contributed by atoms with Crippen molar-refractivity contribution in [3.63, 3.8) is 0 Å². The monoisotopic (exact) mass is 370 g/mol. The predicted octanol–water partition coefficient (Wildman–Crippen LogP) is 4.90. The van der Waals surface area contributed by atoms with Crippen LogP contribution in [0, 0.1) is 0 Å². The molecule has 0 spiro atoms. The number of carbonyl (C=O) groups is 1. The van der Waals surface area contributed by atoms with Crippen LogP contribution in [0.1, 0.15) is 51.0 Å². The van der Waals surface area contributed by atoms with E-state index in [-0.39, 0.29) is 5.91 Å². The second kappa shape index (κ2) is 11.9. The Bertz CT molecular complexity index is 657. The van der Waals surface area contributed by atoms with Crippen LogP contribution in [-0.4, -0.2) is 24.5 Å². The lowest BCUT2D eigenvalue weighted by Crippen LogP contribution is -2.21. The van der Waals surface area contributed by atoms with Gasteiger partial charge in [-0.2, -0.15) is 0 Å². The summed E-state index contributed by atoms with van der Waals surface area (Å²) in [7, 11) is 1.60. The number of nitrogens with one attached hydrogen (secondary N) is 1. The van der Waals surface area contributed by atoms with E-state index in [0.717, 1.165) is 18.6 Å². The first-order chi connectivity index (χ1) is 13.2. The van der Waals surface area contributed by atoms with Gasteiger partial charge in [-0.1, -0.05) is 44.2 Å². The Morgan fingerprint density at radius 1 is 1.00 bits per heavy atom. The number of nitrogens with zero attached hydrogens (tertiary/aromatic N) is 1. The average Bonchev–Trinajstić information content (AvgIpc) is 3.27. The maximum atomic E-state index is 10.8. The van der Waals surface area contributed by atoms with E-state index in [1.165, 1.54) is 44.6 Å². The fourth-order valence-electron chi connectivity index (χ4n) is 2.83. The standard InChI is InChI=1S/C17H20N2O3.C5H10/c1-13(20)18-11-3-4-14-5-7-15(8-6-14)22-17-10-9-16(21-2)12-19-17;1-2-4-5-3-1/h5-10,12H,3-4,11H2,1-2H3,(H,18,20);1-5H2. The van der Waals surface area contributed by atoms with Crippen LogP contribution in [0.4, 0.5) is 0 Å². The first-order valence-corrected chi connectivity index (χ1v) is 9.68. The van der Waals surface area contributed by atoms with Crippen molar-refractivity contribution >= 4 is 5.91 Å². The zero-order chi connectivity index (χ0) is 19.3. The lowest BCUT2D eigenvalue weighted by atomic mass is 10.1. The number of rotatable bonds is 7. The summed E-state index contributed by atoms with van der Waals surface area (Å²) < 4.78 is 10.7. The van der Waals surface area contributed by atoms with Gasteiger partial charge in [-0.25, -0.2) is 4.98 Å². The molecule has 1 aromatic heterocycles. The molecule has 0 radical (unpaired) electrons. The van der Waals surface area contributed by atoms with Gasteiger partial charge in [0.15, 0.2) is 0 Å². The molecule has 27 heavy (non-hydrogen) atoms. The summed E-state index contributed by atoms with van der Waals surface area (Å²) in [4.78, 5) is 14.9. The number of aryl methyl sites for hydroxylation is 1. The fourth-order valence-corrected chi connectivity index (χ4v) is 2.83. The summed E-state index contributed by atoms with van der Waals surface area (Å²) >= 11 is 0. The zero-order valence-electron chi connectivity index (χ0n) is 16.4. The number of hydrogen-bond acceptors (Lipinski definition) is 4. The van der Waals surface area contributed by atoms with Gasteiger partial charge >= 0.3 is 0 Å². The minimum Gasteiger partial charge on any atom is -0.495 e. The molecule has 5 heteroatoms. The Hall–Kier alpha value is -2.56. The van der Waals surface area contributed by atoms with E-state index in [9.17, 15) is 4.79 Å². The van der Waals surface area contributed by atoms with Gasteiger partial charge in [-0.3, -0.25) is 4.79 Å². The van der Waals surface area contributed by atoms with Gasteiger partial charge in [0.25, 0.3) is 0 Å². The van der Waals surface area contributed by atoms with Gasteiger partial charge in [0.1, 0.15) is 11.5 Å². The highest BCUT2D eigenvalue weighted by atomic mass is 16.5. The first kappa shape index (κ1) is 20.7. The van der Waals surface area contributed by atoms with E-state index in [2.05, 4.69) is 10.3 Å². The Labute approximate surface area is 162 Å². The summed E-state index contributed by atoms with van der Waals surface area (Å²) in [5.41, 5.74) is 1.21. The molecule has 1 amide bonds. The van der Waals surface area contributed by atoms with Crippen molar-refractivity contribution in [1.82, 2.24) is 10.3 Å². The van der Waals surface area contributed by atoms with Crippen LogP contribution in [0.3, 0.4) is 0 Å². The largest absolute Gasteiger partial charge is 0.495 e. The number of methoxy groups -OCH3 is 1. The van der Waals surface area contributed by atoms with Crippen molar-refractivity contribution in [3.05, 3.63) is 48.2 Å². The van der Waals surface area contributed by atoms with Crippen molar-refractivity contribution < 1.29 is 14.3 Å². The van der Waals surface area contributed by atoms with E-state index >= 15 is 0 Å². The van der Waals surface area contributed by atoms with Crippen LogP contribution < -0.4 is 14.8 Å². The van der Waals surface area contributed by atoms with E-state index in [4.69, 9.17) is 9.47 Å². The van der Waals surface area contributed by atoms with Gasteiger partial charge < -0.3 is 14.8 Å². The van der Waals surface area contributed by atoms with Crippen molar-refractivity contribution in [2.75, 3.05) is 13.7 Å². The lowest BCUT2D eigenvalue weighted by Gasteiger charge is -2.07. The summed E-state index contributed by atoms with van der Waals surface area (Å²) in [6.07, 6.45) is 11.0. The zero-order valence-corrected chi connectivity index (χ0v) is 16.4. The van der Waals surface area contributed by atoms with Crippen LogP contribution in [0.5, 0.6) is 17.4 Å². The molecule has 1 aliphatic rings. The molecule has 0 bridgehead atoms. The van der Waals surface area contributed by atoms with Gasteiger partial charge in [-0.15, -0.1) is 0 Å². The summed E-state index contributed by atoms with van der Waals surface area (Å²) in [5, 5.41) is 2.79. The van der Waals surface area contributed by atoms with Crippen LogP contribution >= 0.6 is 0 Å². The summed E-state index contributed by atoms with van der Waals surface area (Å²) in [5.74, 6) is 1.97. The van der Waals surface area contributed by atoms with Gasteiger partial charge in [-0.05, 0) is 36.6 Å². The highest BCUT2D eigenvalue weighted by molar-refractivity contribution is 5.72. The molecular weight excluding hydrogens is 340 g/mol. The topological polar surface area (TPSA) is 60.5 Å². The third kappa shape index (κ3) is 8.58. The Morgan fingerprint density at radius 2 is 1.63 bits per heavy atom. The predicted molar refractivity (Wildman–Crippen MR) is 107 cm³/mol. The number of pyridine rings is 1. The normalized spacial score (nSPS) is 12.7. The van der Waals surface area contributed by atoms with Crippen molar-refractivity contribution in [1.29, 1.82) is 0 Å². The Balaban J connectivity index is 0.000000451. The van der Waals surface area contributed by atoms with E-state index in [1.54, 1.807) is 25.4 Å². The van der Waals surface area contributed by atoms with Crippen LogP contribution in [0.2, 0.25) is 0 Å². The van der Waals surface area contributed by atoms with Crippen LogP contribution in [-0.2, 0) is 11.2 Å². The fraction of sp³-hybridized carbons (Fsp3) is 0.455. The second-order valence-electron chi connectivity index (χ2n) is 6.64. The highest BCUT2D eigenvalue weighted by Crippen LogP contribution is 2.21. The molecule has 0 unspecified atom stereocenters. The van der Waals surface area contributed by atoms with Gasteiger partial charge in [0.2, 0.25) is 11.8 Å². The van der Waals surface area contributed by atoms with Crippen molar-refractivity contribution in [2.45, 2.75) is 51.9 Å². The molecule has 1 aliphatic carbocycles. The SMILES string of the molecule is C1CCCC1.COc1ccc(Oc2ccc(CCCNC(C)=O)cc2)nc1. The van der Waals surface area contributed by atoms with Gasteiger partial charge in [0, 0.05) is 19.5 Å². The molecule has 1 saturated carbocycles. The van der Waals surface area contributed by atoms with Crippen LogP contribution in [0.15, 0.2) is 42.6 Å². The quantitative estimate of drug-likeness (QED) is 0.704. The molecule has 0 saturated heterocycles. The Kier molecular flexibility index (Phi) is 9.18. The van der Waals surface area contributed by atoms with E-state index < -0.39 is 0 Å². The number of ether oxygens (including phenoxy) is 2. The lowest BCUT2D eigenvalue weighted by molar-refractivity contribution is -0.118. The molecule has 2 aromatic rings. The minimum absolute atomic E-state index is 0.00994. The third-order valence-corrected chi connectivity index (χ3v) is 4.36. The summed E-state index contributed by atoms with van der Waals surface area (Å²) in [6.45, 7) is 2.22. The first-order valence-electron chi connectivity index (χ1n) is 9.68. The molecule has 0 atom stereocenters. The number of hydrogen-bond donors (Lipinski definition) is 1. The molecular formula is C22H30N2O3. The number of aromatic nitrogens is 1. The van der Waals surface area contributed by atoms with E-state index in [0.29, 0.717) is 18.2 Å². The Morgan fingerprint density at radius 3 is 2.15 bits per heavy atom. The number of carbonyl (C=O) groups excluding carboxylic acids is 1. The molecule has 1 heterocycles. The smallest absolute Gasteiger partial charge is 0.219 e.